The molecular formula is C14H24O2. The summed E-state index contributed by atoms with van der Waals surface area (Å²) in [4.78, 5) is 11.9. The Bertz CT molecular complexity index is 249. The summed E-state index contributed by atoms with van der Waals surface area (Å²) in [5, 5.41) is 0. The van der Waals surface area contributed by atoms with E-state index in [4.69, 9.17) is 4.74 Å². The average Bonchev–Trinajstić information content (AvgIpc) is 2.51. The molecule has 0 N–H and O–H groups in total. The van der Waals surface area contributed by atoms with Crippen molar-refractivity contribution < 1.29 is 9.53 Å². The van der Waals surface area contributed by atoms with Crippen molar-refractivity contribution in [1.29, 1.82) is 0 Å². The molecule has 1 spiro atoms. The zero-order chi connectivity index (χ0) is 11.6. The predicted octanol–water partition coefficient (Wildman–Crippen LogP) is 3.34. The first-order valence-electron chi connectivity index (χ1n) is 6.80. The molecule has 2 aliphatic rings. The van der Waals surface area contributed by atoms with E-state index in [9.17, 15) is 4.79 Å². The van der Waals surface area contributed by atoms with Crippen LogP contribution in [0.2, 0.25) is 0 Å². The monoisotopic (exact) mass is 224 g/mol. The molecule has 2 heteroatoms. The maximum Gasteiger partial charge on any atom is 0.144 e. The molecule has 0 radical (unpaired) electrons. The average molecular weight is 224 g/mol. The molecule has 0 aromatic heterocycles. The van der Waals surface area contributed by atoms with Crippen molar-refractivity contribution in [2.45, 2.75) is 64.9 Å². The summed E-state index contributed by atoms with van der Waals surface area (Å²) in [5.74, 6) is 1.04. The number of rotatable bonds is 3. The van der Waals surface area contributed by atoms with Gasteiger partial charge in [-0.15, -0.1) is 0 Å². The van der Waals surface area contributed by atoms with Crippen molar-refractivity contribution in [1.82, 2.24) is 0 Å². The molecule has 1 unspecified atom stereocenters. The summed E-state index contributed by atoms with van der Waals surface area (Å²) < 4.78 is 5.94. The smallest absolute Gasteiger partial charge is 0.144 e. The molecule has 2 aliphatic carbocycles. The van der Waals surface area contributed by atoms with Crippen LogP contribution in [-0.2, 0) is 9.53 Å². The molecule has 0 saturated heterocycles. The number of Topliss-reactive ketones (excluding diaryl/α,β-unsaturated/α-hetero) is 1. The van der Waals surface area contributed by atoms with Crippen molar-refractivity contribution in [3.8, 4) is 0 Å². The fraction of sp³-hybridized carbons (Fsp3) is 0.929. The lowest BCUT2D eigenvalue weighted by Gasteiger charge is -2.47. The highest BCUT2D eigenvalue weighted by Crippen LogP contribution is 2.49. The Morgan fingerprint density at radius 3 is 2.38 bits per heavy atom. The van der Waals surface area contributed by atoms with Crippen LogP contribution in [0, 0.1) is 11.3 Å². The van der Waals surface area contributed by atoms with E-state index in [2.05, 4.69) is 13.8 Å². The number of carbonyl (C=O) groups excluding carboxylic acids is 1. The Kier molecular flexibility index (Phi) is 3.68. The molecule has 0 bridgehead atoms. The first kappa shape index (κ1) is 12.1. The number of carbonyl (C=O) groups is 1. The summed E-state index contributed by atoms with van der Waals surface area (Å²) in [6, 6.07) is 0. The van der Waals surface area contributed by atoms with Gasteiger partial charge in [0.1, 0.15) is 5.78 Å². The molecule has 2 nitrogen and oxygen atoms in total. The van der Waals surface area contributed by atoms with Crippen molar-refractivity contribution in [3.05, 3.63) is 0 Å². The Balaban J connectivity index is 1.96. The zero-order valence-corrected chi connectivity index (χ0v) is 10.6. The second-order valence-electron chi connectivity index (χ2n) is 5.91. The minimum absolute atomic E-state index is 0.0641. The molecular weight excluding hydrogens is 200 g/mol. The summed E-state index contributed by atoms with van der Waals surface area (Å²) in [6.45, 7) is 5.14. The van der Waals surface area contributed by atoms with Crippen LogP contribution in [0.4, 0.5) is 0 Å². The maximum absolute atomic E-state index is 11.9. The quantitative estimate of drug-likeness (QED) is 0.735. The third kappa shape index (κ3) is 2.17. The highest BCUT2D eigenvalue weighted by atomic mass is 16.5. The van der Waals surface area contributed by atoms with E-state index in [-0.39, 0.29) is 11.5 Å². The van der Waals surface area contributed by atoms with Gasteiger partial charge in [-0.05, 0) is 18.8 Å². The molecule has 92 valence electrons. The van der Waals surface area contributed by atoms with Gasteiger partial charge in [-0.1, -0.05) is 39.5 Å². The molecule has 0 aromatic carbocycles. The number of ketones is 1. The van der Waals surface area contributed by atoms with Gasteiger partial charge >= 0.3 is 0 Å². The lowest BCUT2D eigenvalue weighted by atomic mass is 9.60. The molecule has 0 heterocycles. The van der Waals surface area contributed by atoms with Gasteiger partial charge in [0.2, 0.25) is 0 Å². The maximum atomic E-state index is 11.9. The van der Waals surface area contributed by atoms with Gasteiger partial charge in [-0.25, -0.2) is 0 Å². The van der Waals surface area contributed by atoms with Gasteiger partial charge in [-0.2, -0.15) is 0 Å². The van der Waals surface area contributed by atoms with Crippen molar-refractivity contribution in [2.75, 3.05) is 6.61 Å². The fourth-order valence-electron chi connectivity index (χ4n) is 3.10. The van der Waals surface area contributed by atoms with Gasteiger partial charge in [0, 0.05) is 13.0 Å². The topological polar surface area (TPSA) is 26.3 Å². The number of hydrogen-bond acceptors (Lipinski definition) is 2. The Hall–Kier alpha value is -0.370. The number of hydrogen-bond donors (Lipinski definition) is 0. The van der Waals surface area contributed by atoms with E-state index < -0.39 is 0 Å². The van der Waals surface area contributed by atoms with Crippen LogP contribution in [-0.4, -0.2) is 18.5 Å². The molecule has 2 saturated carbocycles. The molecule has 1 atom stereocenters. The van der Waals surface area contributed by atoms with Gasteiger partial charge in [-0.3, -0.25) is 4.79 Å². The van der Waals surface area contributed by atoms with Crippen LogP contribution in [0.25, 0.3) is 0 Å². The normalized spacial score (nSPS) is 29.2. The molecule has 0 aliphatic heterocycles. The van der Waals surface area contributed by atoms with E-state index >= 15 is 0 Å². The molecule has 0 aromatic rings. The third-order valence-corrected chi connectivity index (χ3v) is 4.17. The summed E-state index contributed by atoms with van der Waals surface area (Å²) in [7, 11) is 0. The van der Waals surface area contributed by atoms with Crippen LogP contribution in [0.1, 0.15) is 58.8 Å². The molecule has 16 heavy (non-hydrogen) atoms. The van der Waals surface area contributed by atoms with Crippen molar-refractivity contribution in [3.63, 3.8) is 0 Å². The Morgan fingerprint density at radius 1 is 1.25 bits per heavy atom. The Morgan fingerprint density at radius 2 is 1.88 bits per heavy atom. The summed E-state index contributed by atoms with van der Waals surface area (Å²) >= 11 is 0. The standard InChI is InChI=1S/C14H24O2/c1-11(2)10-16-13-9-12(15)14(13)7-5-3-4-6-8-14/h11,13H,3-10H2,1-2H3. The second-order valence-corrected chi connectivity index (χ2v) is 5.91. The van der Waals surface area contributed by atoms with Crippen LogP contribution in [0.15, 0.2) is 0 Å². The highest BCUT2D eigenvalue weighted by Gasteiger charge is 2.54. The lowest BCUT2D eigenvalue weighted by Crippen LogP contribution is -2.55. The zero-order valence-electron chi connectivity index (χ0n) is 10.6. The fourth-order valence-corrected chi connectivity index (χ4v) is 3.10. The van der Waals surface area contributed by atoms with Crippen LogP contribution >= 0.6 is 0 Å². The summed E-state index contributed by atoms with van der Waals surface area (Å²) in [6.07, 6.45) is 8.09. The minimum atomic E-state index is -0.0641. The number of ether oxygens (including phenoxy) is 1. The van der Waals surface area contributed by atoms with E-state index in [1.54, 1.807) is 0 Å². The first-order chi connectivity index (χ1) is 7.65. The predicted molar refractivity (Wildman–Crippen MR) is 64.3 cm³/mol. The lowest BCUT2D eigenvalue weighted by molar-refractivity contribution is -0.167. The molecule has 2 fully saturated rings. The van der Waals surface area contributed by atoms with Crippen LogP contribution in [0.5, 0.6) is 0 Å². The second kappa shape index (κ2) is 4.87. The van der Waals surface area contributed by atoms with Gasteiger partial charge in [0.05, 0.1) is 11.5 Å². The van der Waals surface area contributed by atoms with Crippen LogP contribution in [0.3, 0.4) is 0 Å². The third-order valence-electron chi connectivity index (χ3n) is 4.17. The largest absolute Gasteiger partial charge is 0.376 e. The van der Waals surface area contributed by atoms with Gasteiger partial charge < -0.3 is 4.74 Å². The SMILES string of the molecule is CC(C)COC1CC(=O)C12CCCCCC2. The van der Waals surface area contributed by atoms with Gasteiger partial charge in [0.25, 0.3) is 0 Å². The Labute approximate surface area is 98.7 Å². The van der Waals surface area contributed by atoms with E-state index in [0.717, 1.165) is 19.4 Å². The molecule has 2 rings (SSSR count). The summed E-state index contributed by atoms with van der Waals surface area (Å²) in [5.41, 5.74) is -0.0641. The molecule has 0 amide bonds. The first-order valence-corrected chi connectivity index (χ1v) is 6.80. The minimum Gasteiger partial charge on any atom is -0.376 e. The van der Waals surface area contributed by atoms with Crippen LogP contribution < -0.4 is 0 Å². The van der Waals surface area contributed by atoms with E-state index in [1.807, 2.05) is 0 Å². The van der Waals surface area contributed by atoms with Crippen molar-refractivity contribution >= 4 is 5.78 Å². The van der Waals surface area contributed by atoms with Gasteiger partial charge in [0.15, 0.2) is 0 Å². The van der Waals surface area contributed by atoms with E-state index in [1.165, 1.54) is 25.7 Å². The van der Waals surface area contributed by atoms with E-state index in [0.29, 0.717) is 18.1 Å². The van der Waals surface area contributed by atoms with Crippen molar-refractivity contribution in [2.24, 2.45) is 11.3 Å². The highest BCUT2D eigenvalue weighted by molar-refractivity contribution is 5.92.